The van der Waals surface area contributed by atoms with E-state index in [2.05, 4.69) is 18.8 Å². The van der Waals surface area contributed by atoms with Gasteiger partial charge in [-0.25, -0.2) is 0 Å². The van der Waals surface area contributed by atoms with Crippen molar-refractivity contribution in [2.75, 3.05) is 0 Å². The Balaban J connectivity index is 3.36. The molecule has 0 amide bonds. The van der Waals surface area contributed by atoms with Crippen molar-refractivity contribution < 1.29 is 0 Å². The summed E-state index contributed by atoms with van der Waals surface area (Å²) >= 11 is -1.81. The molecule has 0 unspecified atom stereocenters. The Morgan fingerprint density at radius 3 is 1.57 bits per heavy atom. The van der Waals surface area contributed by atoms with E-state index in [-0.39, 0.29) is 0 Å². The van der Waals surface area contributed by atoms with E-state index in [0.717, 1.165) is 0 Å². The van der Waals surface area contributed by atoms with Crippen molar-refractivity contribution in [3.8, 4) is 0 Å². The van der Waals surface area contributed by atoms with Crippen molar-refractivity contribution in [2.45, 2.75) is 27.7 Å². The van der Waals surface area contributed by atoms with Crippen LogP contribution in [0, 0.1) is 0 Å². The van der Waals surface area contributed by atoms with Crippen LogP contribution in [0.4, 0.5) is 0 Å². The number of halogens is 1. The van der Waals surface area contributed by atoms with E-state index in [1.165, 1.54) is 8.87 Å². The minimum absolute atomic E-state index is 1.27. The minimum atomic E-state index is -1.81. The van der Waals surface area contributed by atoms with Crippen LogP contribution >= 0.6 is 8.92 Å². The molecule has 7 heavy (non-hydrogen) atoms. The number of hydrogen-bond acceptors (Lipinski definition) is 0. The van der Waals surface area contributed by atoms with Crippen LogP contribution in [-0.2, 0) is 0 Å². The normalized spacial score (nSPS) is 12.0. The Labute approximate surface area is 53.8 Å². The summed E-state index contributed by atoms with van der Waals surface area (Å²) in [6.45, 7) is 4.40. The van der Waals surface area contributed by atoms with Crippen molar-refractivity contribution >= 4 is 26.2 Å². The zero-order valence-corrected chi connectivity index (χ0v) is 8.90. The predicted molar refractivity (Wildman–Crippen MR) is 38.4 cm³/mol. The zero-order valence-electron chi connectivity index (χ0n) is 5.29. The van der Waals surface area contributed by atoms with Crippen LogP contribution in [0.3, 0.4) is 0 Å². The molecule has 0 radical (unpaired) electrons. The molecule has 0 aliphatic heterocycles. The Kier molecular flexibility index (Phi) is 3.68. The maximum atomic E-state index is 6.12. The van der Waals surface area contributed by atoms with Crippen molar-refractivity contribution in [3.63, 3.8) is 0 Å². The van der Waals surface area contributed by atoms with Crippen molar-refractivity contribution in [2.24, 2.45) is 0 Å². The molecular weight excluding hydrogens is 214 g/mol. The standard InChI is InChI=1S/2C2H5.CH3.ClH.Sn/c2*1-2;;;/h2*1H2,2H3;1H3;1H;/q;;;;+1/p-1. The van der Waals surface area contributed by atoms with E-state index in [1.54, 1.807) is 0 Å². The fourth-order valence-corrected chi connectivity index (χ4v) is 1.68. The molecule has 0 aromatic carbocycles. The van der Waals surface area contributed by atoms with Gasteiger partial charge >= 0.3 is 53.8 Å². The van der Waals surface area contributed by atoms with Crippen LogP contribution in [0.5, 0.6) is 0 Å². The van der Waals surface area contributed by atoms with Gasteiger partial charge in [0.1, 0.15) is 0 Å². The van der Waals surface area contributed by atoms with Crippen LogP contribution in [0.25, 0.3) is 0 Å². The second-order valence-corrected chi connectivity index (χ2v) is 20.3. The van der Waals surface area contributed by atoms with Crippen molar-refractivity contribution in [3.05, 3.63) is 0 Å². The Hall–Kier alpha value is 1.09. The van der Waals surface area contributed by atoms with Crippen LogP contribution in [0.15, 0.2) is 0 Å². The number of rotatable bonds is 2. The van der Waals surface area contributed by atoms with Gasteiger partial charge in [0.25, 0.3) is 0 Å². The average molecular weight is 227 g/mol. The van der Waals surface area contributed by atoms with Gasteiger partial charge in [-0.05, 0) is 0 Å². The monoisotopic (exact) mass is 228 g/mol. The molecule has 0 fully saturated rings. The molecule has 44 valence electrons. The first-order chi connectivity index (χ1) is 3.12. The molecule has 2 heteroatoms. The Bertz CT molecular complexity index is 46.0. The fraction of sp³-hybridized carbons (Fsp3) is 1.00. The fourth-order valence-electron chi connectivity index (χ4n) is 0.250. The SMILES string of the molecule is C[CH2][Sn]([CH3])([Cl])[CH2]C. The second kappa shape index (κ2) is 3.18. The molecule has 0 aliphatic carbocycles. The summed E-state index contributed by atoms with van der Waals surface area (Å²) in [7, 11) is 6.12. The first kappa shape index (κ1) is 8.09. The van der Waals surface area contributed by atoms with Gasteiger partial charge in [0, 0.05) is 0 Å². The van der Waals surface area contributed by atoms with E-state index in [4.69, 9.17) is 8.92 Å². The van der Waals surface area contributed by atoms with Gasteiger partial charge in [0.15, 0.2) is 0 Å². The van der Waals surface area contributed by atoms with Gasteiger partial charge < -0.3 is 0 Å². The van der Waals surface area contributed by atoms with E-state index in [9.17, 15) is 0 Å². The van der Waals surface area contributed by atoms with Crippen molar-refractivity contribution in [1.82, 2.24) is 0 Å². The predicted octanol–water partition coefficient (Wildman–Crippen LogP) is 2.84. The van der Waals surface area contributed by atoms with Crippen LogP contribution < -0.4 is 0 Å². The first-order valence-electron chi connectivity index (χ1n) is 2.81. The van der Waals surface area contributed by atoms with E-state index in [1.807, 2.05) is 0 Å². The summed E-state index contributed by atoms with van der Waals surface area (Å²) in [6.07, 6.45) is 0. The Morgan fingerprint density at radius 2 is 1.57 bits per heavy atom. The van der Waals surface area contributed by atoms with Gasteiger partial charge in [-0.15, -0.1) is 0 Å². The van der Waals surface area contributed by atoms with Crippen LogP contribution in [-0.4, -0.2) is 17.3 Å². The molecule has 0 aromatic rings. The molecule has 0 nitrogen and oxygen atoms in total. The summed E-state index contributed by atoms with van der Waals surface area (Å²) in [5.74, 6) is 0. The molecule has 0 saturated heterocycles. The molecule has 0 saturated carbocycles. The van der Waals surface area contributed by atoms with Gasteiger partial charge in [-0.1, -0.05) is 0 Å². The summed E-state index contributed by atoms with van der Waals surface area (Å²) in [5.41, 5.74) is 0. The quantitative estimate of drug-likeness (QED) is 0.636. The summed E-state index contributed by atoms with van der Waals surface area (Å²) in [5, 5.41) is 0. The van der Waals surface area contributed by atoms with Gasteiger partial charge in [0.2, 0.25) is 0 Å². The Morgan fingerprint density at radius 1 is 1.29 bits per heavy atom. The molecule has 0 atom stereocenters. The average Bonchev–Trinajstić information content (AvgIpc) is 1.68. The van der Waals surface area contributed by atoms with Gasteiger partial charge in [-0.3, -0.25) is 0 Å². The van der Waals surface area contributed by atoms with E-state index >= 15 is 0 Å². The third-order valence-corrected chi connectivity index (χ3v) is 13.5. The summed E-state index contributed by atoms with van der Waals surface area (Å²) < 4.78 is 2.54. The second-order valence-electron chi connectivity index (χ2n) is 2.12. The van der Waals surface area contributed by atoms with Crippen LogP contribution in [0.1, 0.15) is 13.8 Å². The summed E-state index contributed by atoms with van der Waals surface area (Å²) in [4.78, 5) is 2.27. The van der Waals surface area contributed by atoms with E-state index in [0.29, 0.717) is 0 Å². The molecule has 0 N–H and O–H groups in total. The topological polar surface area (TPSA) is 0 Å². The van der Waals surface area contributed by atoms with Gasteiger partial charge in [0.05, 0.1) is 0 Å². The molecule has 0 spiro atoms. The molecular formula is C5H13ClSn. The van der Waals surface area contributed by atoms with Crippen LogP contribution in [0.2, 0.25) is 13.8 Å². The first-order valence-corrected chi connectivity index (χ1v) is 13.3. The van der Waals surface area contributed by atoms with Gasteiger partial charge in [-0.2, -0.15) is 0 Å². The molecule has 0 aromatic heterocycles. The zero-order chi connectivity index (χ0) is 5.91. The summed E-state index contributed by atoms with van der Waals surface area (Å²) in [6, 6.07) is 0. The third kappa shape index (κ3) is 3.65. The maximum absolute atomic E-state index is 6.12. The van der Waals surface area contributed by atoms with E-state index < -0.39 is 17.3 Å². The number of hydrogen-bond donors (Lipinski definition) is 0. The molecule has 0 bridgehead atoms. The molecule has 0 aliphatic rings. The van der Waals surface area contributed by atoms with Crippen molar-refractivity contribution in [1.29, 1.82) is 0 Å². The molecule has 0 rings (SSSR count). The molecule has 0 heterocycles. The third-order valence-electron chi connectivity index (χ3n) is 1.47.